The molecule has 1 unspecified atom stereocenters. The van der Waals surface area contributed by atoms with Crippen molar-refractivity contribution in [3.05, 3.63) is 17.7 Å². The van der Waals surface area contributed by atoms with E-state index in [2.05, 4.69) is 18.8 Å². The molecular weight excluding hydrogens is 546 g/mol. The second-order valence-corrected chi connectivity index (χ2v) is 13.8. The van der Waals surface area contributed by atoms with Crippen LogP contribution in [0.1, 0.15) is 197 Å². The molecule has 0 aliphatic carbocycles. The number of imide groups is 1. The van der Waals surface area contributed by atoms with E-state index in [1.165, 1.54) is 114 Å². The highest BCUT2D eigenvalue weighted by Gasteiger charge is 2.31. The third-order valence-electron chi connectivity index (χ3n) is 9.47. The quantitative estimate of drug-likeness (QED) is 0.0731. The van der Waals surface area contributed by atoms with Gasteiger partial charge in [0.15, 0.2) is 0 Å². The summed E-state index contributed by atoms with van der Waals surface area (Å²) in [4.78, 5) is 44.0. The topological polar surface area (TPSA) is 72.3 Å². The van der Waals surface area contributed by atoms with Crippen LogP contribution in [-0.4, -0.2) is 38.6 Å². The van der Waals surface area contributed by atoms with Crippen molar-refractivity contribution in [2.45, 2.75) is 187 Å². The largest absolute Gasteiger partial charge is 0.329 e. The summed E-state index contributed by atoms with van der Waals surface area (Å²) in [7, 11) is 1.83. The summed E-state index contributed by atoms with van der Waals surface area (Å²) in [5, 5.41) is 0. The van der Waals surface area contributed by atoms with Crippen LogP contribution in [0.2, 0.25) is 0 Å². The highest BCUT2D eigenvalue weighted by atomic mass is 16.2. The van der Waals surface area contributed by atoms with Crippen LogP contribution in [0.3, 0.4) is 0 Å². The van der Waals surface area contributed by atoms with Crippen LogP contribution in [-0.2, 0) is 23.1 Å². The van der Waals surface area contributed by atoms with Crippen LogP contribution in [0.4, 0.5) is 0 Å². The van der Waals surface area contributed by atoms with Crippen molar-refractivity contribution < 1.29 is 14.4 Å². The Morgan fingerprint density at radius 2 is 1.11 bits per heavy atom. The number of amides is 2. The van der Waals surface area contributed by atoms with Gasteiger partial charge in [-0.05, 0) is 31.6 Å². The zero-order valence-corrected chi connectivity index (χ0v) is 29.0. The van der Waals surface area contributed by atoms with E-state index >= 15 is 0 Å². The van der Waals surface area contributed by atoms with E-state index in [1.807, 2.05) is 7.05 Å². The monoisotopic (exact) mass is 614 g/mol. The minimum atomic E-state index is -0.189. The van der Waals surface area contributed by atoms with Gasteiger partial charge in [-0.2, -0.15) is 0 Å². The maximum absolute atomic E-state index is 13.1. The van der Waals surface area contributed by atoms with E-state index in [9.17, 15) is 14.4 Å². The Kier molecular flexibility index (Phi) is 21.1. The first-order valence-corrected chi connectivity index (χ1v) is 18.8. The summed E-state index contributed by atoms with van der Waals surface area (Å²) in [6.45, 7) is 4.84. The zero-order chi connectivity index (χ0) is 31.8. The van der Waals surface area contributed by atoms with Crippen LogP contribution in [0.5, 0.6) is 0 Å². The fourth-order valence-electron chi connectivity index (χ4n) is 6.65. The van der Waals surface area contributed by atoms with Gasteiger partial charge in [0, 0.05) is 32.9 Å². The molecule has 1 atom stereocenters. The molecule has 1 aliphatic rings. The molecule has 0 aromatic carbocycles. The Morgan fingerprint density at radius 1 is 0.682 bits per heavy atom. The number of imidazole rings is 1. The molecule has 0 radical (unpaired) electrons. The number of carbonyl (C=O) groups is 3. The van der Waals surface area contributed by atoms with Gasteiger partial charge in [0.05, 0.1) is 12.0 Å². The number of aromatic nitrogens is 2. The average molecular weight is 614 g/mol. The summed E-state index contributed by atoms with van der Waals surface area (Å²) in [6, 6.07) is 0. The Hall–Kier alpha value is -1.98. The maximum atomic E-state index is 13.1. The molecule has 0 spiro atoms. The van der Waals surface area contributed by atoms with Gasteiger partial charge in [-0.3, -0.25) is 19.3 Å². The van der Waals surface area contributed by atoms with Gasteiger partial charge in [-0.15, -0.1) is 0 Å². The second kappa shape index (κ2) is 24.3. The fraction of sp³-hybridized carbons (Fsp3) is 0.842. The number of Topliss-reactive ketones (excluding diaryl/α,β-unsaturated/α-hetero) is 1. The highest BCUT2D eigenvalue weighted by Crippen LogP contribution is 2.22. The van der Waals surface area contributed by atoms with Crippen LogP contribution in [0, 0.1) is 5.92 Å². The lowest BCUT2D eigenvalue weighted by atomic mass is 9.97. The third-order valence-corrected chi connectivity index (χ3v) is 9.47. The standard InChI is InChI=1S/C38H67N3O3/c1-4-5-6-7-8-9-10-11-12-13-14-15-18-21-24-27-34(42)28-25-22-19-16-17-20-23-26-29-41-36(43)31-33(2)30-35-37(38(41)44)40(3)32-39-35/h32-33H,4-31H2,1-3H3. The molecule has 6 heteroatoms. The SMILES string of the molecule is CCCCCCCCCCCCCCCCCC(=O)CCCCCCCCCCN1C(=O)CC(C)Cc2ncn(C)c2C1=O. The second-order valence-electron chi connectivity index (χ2n) is 13.8. The van der Waals surface area contributed by atoms with Crippen molar-refractivity contribution in [2.75, 3.05) is 6.54 Å². The number of fused-ring (bicyclic) bond motifs is 1. The smallest absolute Gasteiger partial charge is 0.279 e. The predicted octanol–water partition coefficient (Wildman–Crippen LogP) is 10.3. The molecule has 2 heterocycles. The highest BCUT2D eigenvalue weighted by molar-refractivity contribution is 6.04. The molecule has 2 rings (SSSR count). The van der Waals surface area contributed by atoms with Crippen LogP contribution in [0.25, 0.3) is 0 Å². The number of hydrogen-bond donors (Lipinski definition) is 0. The van der Waals surface area contributed by atoms with E-state index < -0.39 is 0 Å². The number of aryl methyl sites for hydroxylation is 1. The molecule has 6 nitrogen and oxygen atoms in total. The number of carbonyl (C=O) groups excluding carboxylic acids is 3. The minimum Gasteiger partial charge on any atom is -0.329 e. The third kappa shape index (κ3) is 16.4. The fourth-order valence-corrected chi connectivity index (χ4v) is 6.65. The molecule has 1 aromatic rings. The first-order valence-electron chi connectivity index (χ1n) is 18.8. The molecule has 0 saturated carbocycles. The number of nitrogens with zero attached hydrogens (tertiary/aromatic N) is 3. The van der Waals surface area contributed by atoms with Gasteiger partial charge in [0.25, 0.3) is 5.91 Å². The summed E-state index contributed by atoms with van der Waals surface area (Å²) in [6.07, 6.45) is 33.5. The molecule has 44 heavy (non-hydrogen) atoms. The van der Waals surface area contributed by atoms with E-state index in [-0.39, 0.29) is 17.7 Å². The Morgan fingerprint density at radius 3 is 1.59 bits per heavy atom. The van der Waals surface area contributed by atoms with Crippen molar-refractivity contribution in [1.82, 2.24) is 14.5 Å². The molecule has 1 aromatic heterocycles. The summed E-state index contributed by atoms with van der Waals surface area (Å²) in [5.74, 6) is 0.408. The number of unbranched alkanes of at least 4 members (excludes halogenated alkanes) is 21. The van der Waals surface area contributed by atoms with Gasteiger partial charge >= 0.3 is 0 Å². The molecule has 0 saturated heterocycles. The summed E-state index contributed by atoms with van der Waals surface area (Å²) >= 11 is 0. The zero-order valence-electron chi connectivity index (χ0n) is 29.0. The van der Waals surface area contributed by atoms with Crippen molar-refractivity contribution >= 4 is 17.6 Å². The average Bonchev–Trinajstić information content (AvgIpc) is 3.35. The lowest BCUT2D eigenvalue weighted by molar-refractivity contribution is -0.129. The number of rotatable bonds is 27. The maximum Gasteiger partial charge on any atom is 0.279 e. The van der Waals surface area contributed by atoms with Crippen LogP contribution >= 0.6 is 0 Å². The normalized spacial score (nSPS) is 15.4. The lowest BCUT2D eigenvalue weighted by Crippen LogP contribution is -2.41. The van der Waals surface area contributed by atoms with Gasteiger partial charge in [-0.25, -0.2) is 4.98 Å². The van der Waals surface area contributed by atoms with Gasteiger partial charge in [0.1, 0.15) is 11.5 Å². The van der Waals surface area contributed by atoms with Crippen molar-refractivity contribution in [3.8, 4) is 0 Å². The van der Waals surface area contributed by atoms with E-state index in [0.717, 1.165) is 57.1 Å². The number of ketones is 1. The molecular formula is C38H67N3O3. The molecule has 0 bridgehead atoms. The number of hydrogen-bond acceptors (Lipinski definition) is 4. The Balaban J connectivity index is 1.36. The Labute approximate surface area is 270 Å². The van der Waals surface area contributed by atoms with Crippen molar-refractivity contribution in [1.29, 1.82) is 0 Å². The Bertz CT molecular complexity index is 924. The first kappa shape index (κ1) is 38.2. The van der Waals surface area contributed by atoms with Crippen molar-refractivity contribution in [2.24, 2.45) is 13.0 Å². The predicted molar refractivity (Wildman–Crippen MR) is 183 cm³/mol. The van der Waals surface area contributed by atoms with E-state index in [4.69, 9.17) is 0 Å². The van der Waals surface area contributed by atoms with Gasteiger partial charge in [-0.1, -0.05) is 142 Å². The van der Waals surface area contributed by atoms with Gasteiger partial charge in [0.2, 0.25) is 5.91 Å². The summed E-state index contributed by atoms with van der Waals surface area (Å²) in [5.41, 5.74) is 1.38. The van der Waals surface area contributed by atoms with E-state index in [0.29, 0.717) is 30.9 Å². The molecule has 0 N–H and O–H groups in total. The van der Waals surface area contributed by atoms with Crippen LogP contribution < -0.4 is 0 Å². The molecule has 252 valence electrons. The molecule has 1 aliphatic heterocycles. The molecule has 0 fully saturated rings. The van der Waals surface area contributed by atoms with Gasteiger partial charge < -0.3 is 4.57 Å². The first-order chi connectivity index (χ1) is 21.4. The van der Waals surface area contributed by atoms with Crippen LogP contribution in [0.15, 0.2) is 6.33 Å². The molecule has 2 amide bonds. The van der Waals surface area contributed by atoms with Crippen molar-refractivity contribution in [3.63, 3.8) is 0 Å². The minimum absolute atomic E-state index is 0.0523. The summed E-state index contributed by atoms with van der Waals surface area (Å²) < 4.78 is 1.75. The van der Waals surface area contributed by atoms with E-state index in [1.54, 1.807) is 10.9 Å². The lowest BCUT2D eigenvalue weighted by Gasteiger charge is -2.25.